The van der Waals surface area contributed by atoms with Crippen LogP contribution in [0.25, 0.3) is 0 Å². The van der Waals surface area contributed by atoms with Gasteiger partial charge < -0.3 is 19.7 Å². The average Bonchev–Trinajstić information content (AvgIpc) is 3.21. The number of benzene rings is 1. The Labute approximate surface area is 181 Å². The first-order valence-electron chi connectivity index (χ1n) is 11.4. The second kappa shape index (κ2) is 10.6. The van der Waals surface area contributed by atoms with Crippen molar-refractivity contribution in [1.82, 2.24) is 20.0 Å². The second-order valence-corrected chi connectivity index (χ2v) is 8.78. The van der Waals surface area contributed by atoms with Crippen LogP contribution in [-0.2, 0) is 16.0 Å². The minimum atomic E-state index is 0.256. The summed E-state index contributed by atoms with van der Waals surface area (Å²) in [5.41, 5.74) is 1.37. The number of guanidine groups is 1. The summed E-state index contributed by atoms with van der Waals surface area (Å²) in [5, 5.41) is 3.62. The molecule has 0 saturated carbocycles. The molecule has 0 radical (unpaired) electrons. The lowest BCUT2D eigenvalue weighted by atomic mass is 10.1. The van der Waals surface area contributed by atoms with Gasteiger partial charge >= 0.3 is 0 Å². The molecule has 3 aliphatic rings. The summed E-state index contributed by atoms with van der Waals surface area (Å²) < 4.78 is 11.6. The van der Waals surface area contributed by atoms with Crippen LogP contribution < -0.4 is 5.32 Å². The number of ether oxygens (including phenoxy) is 2. The Balaban J connectivity index is 1.29. The molecular weight excluding hydrogens is 378 g/mol. The van der Waals surface area contributed by atoms with Crippen LogP contribution in [0.15, 0.2) is 35.3 Å². The van der Waals surface area contributed by atoms with Gasteiger partial charge in [0.15, 0.2) is 5.96 Å². The number of hydrogen-bond donors (Lipinski definition) is 1. The third kappa shape index (κ3) is 5.52. The molecule has 1 aromatic rings. The molecule has 0 amide bonds. The molecule has 30 heavy (non-hydrogen) atoms. The smallest absolute Gasteiger partial charge is 0.193 e. The summed E-state index contributed by atoms with van der Waals surface area (Å²) >= 11 is 0. The monoisotopic (exact) mass is 415 g/mol. The molecule has 0 aromatic heterocycles. The first-order chi connectivity index (χ1) is 14.7. The standard InChI is InChI=1S/C23H37N5O2/c1-19(15-26-8-11-29-12-9-26)14-25-23(24-2)28-17-21-22(18-28)30-13-10-27(21)16-20-6-4-3-5-7-20/h3-7,19,21-22H,8-18H2,1-2H3,(H,24,25). The molecule has 1 N–H and O–H groups in total. The zero-order valence-corrected chi connectivity index (χ0v) is 18.5. The Morgan fingerprint density at radius 1 is 1.13 bits per heavy atom. The molecular formula is C23H37N5O2. The van der Waals surface area contributed by atoms with E-state index >= 15 is 0 Å². The Morgan fingerprint density at radius 3 is 2.70 bits per heavy atom. The molecule has 7 nitrogen and oxygen atoms in total. The molecule has 3 aliphatic heterocycles. The van der Waals surface area contributed by atoms with Gasteiger partial charge in [0.2, 0.25) is 0 Å². The van der Waals surface area contributed by atoms with E-state index in [1.165, 1.54) is 5.56 Å². The third-order valence-corrected chi connectivity index (χ3v) is 6.44. The lowest BCUT2D eigenvalue weighted by Gasteiger charge is -2.36. The summed E-state index contributed by atoms with van der Waals surface area (Å²) in [6, 6.07) is 11.2. The SMILES string of the molecule is CN=C(NCC(C)CN1CCOCC1)N1CC2OCCN(Cc3ccccc3)C2C1. The summed E-state index contributed by atoms with van der Waals surface area (Å²) in [5.74, 6) is 1.57. The number of fused-ring (bicyclic) bond motifs is 1. The van der Waals surface area contributed by atoms with Gasteiger partial charge in [0.05, 0.1) is 32.0 Å². The van der Waals surface area contributed by atoms with E-state index in [0.717, 1.165) is 78.1 Å². The van der Waals surface area contributed by atoms with Gasteiger partial charge in [0.1, 0.15) is 0 Å². The van der Waals surface area contributed by atoms with Crippen molar-refractivity contribution in [3.63, 3.8) is 0 Å². The van der Waals surface area contributed by atoms with Gasteiger partial charge in [-0.25, -0.2) is 0 Å². The van der Waals surface area contributed by atoms with Crippen LogP contribution in [0.4, 0.5) is 0 Å². The van der Waals surface area contributed by atoms with Gasteiger partial charge in [-0.15, -0.1) is 0 Å². The fourth-order valence-corrected chi connectivity index (χ4v) is 4.83. The Hall–Kier alpha value is -1.67. The molecule has 3 saturated heterocycles. The van der Waals surface area contributed by atoms with E-state index < -0.39 is 0 Å². The molecule has 3 heterocycles. The Kier molecular flexibility index (Phi) is 7.60. The van der Waals surface area contributed by atoms with E-state index in [1.807, 2.05) is 7.05 Å². The molecule has 7 heteroatoms. The predicted octanol–water partition coefficient (Wildman–Crippen LogP) is 1.12. The van der Waals surface area contributed by atoms with Crippen LogP contribution in [0.5, 0.6) is 0 Å². The number of rotatable bonds is 6. The van der Waals surface area contributed by atoms with Crippen molar-refractivity contribution in [1.29, 1.82) is 0 Å². The van der Waals surface area contributed by atoms with Crippen LogP contribution in [0.1, 0.15) is 12.5 Å². The Bertz CT molecular complexity index is 679. The van der Waals surface area contributed by atoms with E-state index in [2.05, 4.69) is 62.3 Å². The Morgan fingerprint density at radius 2 is 1.93 bits per heavy atom. The van der Waals surface area contributed by atoms with Crippen molar-refractivity contribution in [3.05, 3.63) is 35.9 Å². The zero-order chi connectivity index (χ0) is 20.8. The quantitative estimate of drug-likeness (QED) is 0.555. The summed E-state index contributed by atoms with van der Waals surface area (Å²) in [6.45, 7) is 12.8. The van der Waals surface area contributed by atoms with Crippen LogP contribution in [0.3, 0.4) is 0 Å². The highest BCUT2D eigenvalue weighted by atomic mass is 16.5. The maximum atomic E-state index is 6.14. The average molecular weight is 416 g/mol. The van der Waals surface area contributed by atoms with Crippen molar-refractivity contribution >= 4 is 5.96 Å². The van der Waals surface area contributed by atoms with Gasteiger partial charge in [0.25, 0.3) is 0 Å². The number of aliphatic imine (C=N–C) groups is 1. The van der Waals surface area contributed by atoms with Crippen LogP contribution >= 0.6 is 0 Å². The molecule has 166 valence electrons. The lowest BCUT2D eigenvalue weighted by molar-refractivity contribution is -0.0502. The number of nitrogens with one attached hydrogen (secondary N) is 1. The number of morpholine rings is 2. The van der Waals surface area contributed by atoms with E-state index in [-0.39, 0.29) is 6.10 Å². The van der Waals surface area contributed by atoms with Crippen molar-refractivity contribution in [2.24, 2.45) is 10.9 Å². The van der Waals surface area contributed by atoms with Gasteiger partial charge in [-0.1, -0.05) is 37.3 Å². The summed E-state index contributed by atoms with van der Waals surface area (Å²) in [7, 11) is 1.89. The second-order valence-electron chi connectivity index (χ2n) is 8.78. The highest BCUT2D eigenvalue weighted by Gasteiger charge is 2.41. The summed E-state index contributed by atoms with van der Waals surface area (Å²) in [4.78, 5) is 12.0. The number of likely N-dealkylation sites (tertiary alicyclic amines) is 1. The molecule has 4 rings (SSSR count). The fourth-order valence-electron chi connectivity index (χ4n) is 4.83. The van der Waals surface area contributed by atoms with Crippen LogP contribution in [-0.4, -0.2) is 105 Å². The molecule has 3 atom stereocenters. The molecule has 0 spiro atoms. The molecule has 0 aliphatic carbocycles. The van der Waals surface area contributed by atoms with Gasteiger partial charge in [-0.05, 0) is 11.5 Å². The van der Waals surface area contributed by atoms with Crippen LogP contribution in [0.2, 0.25) is 0 Å². The van der Waals surface area contributed by atoms with E-state index in [4.69, 9.17) is 9.47 Å². The van der Waals surface area contributed by atoms with Crippen molar-refractivity contribution in [2.45, 2.75) is 25.6 Å². The predicted molar refractivity (Wildman–Crippen MR) is 120 cm³/mol. The maximum absolute atomic E-state index is 6.14. The lowest BCUT2D eigenvalue weighted by Crippen LogP contribution is -2.50. The number of nitrogens with zero attached hydrogens (tertiary/aromatic N) is 4. The molecule has 1 aromatic carbocycles. The minimum absolute atomic E-state index is 0.256. The summed E-state index contributed by atoms with van der Waals surface area (Å²) in [6.07, 6.45) is 0.256. The highest BCUT2D eigenvalue weighted by Crippen LogP contribution is 2.24. The van der Waals surface area contributed by atoms with E-state index in [9.17, 15) is 0 Å². The van der Waals surface area contributed by atoms with Gasteiger partial charge in [0, 0.05) is 59.4 Å². The van der Waals surface area contributed by atoms with Crippen molar-refractivity contribution in [3.8, 4) is 0 Å². The molecule has 0 bridgehead atoms. The highest BCUT2D eigenvalue weighted by molar-refractivity contribution is 5.80. The van der Waals surface area contributed by atoms with Gasteiger partial charge in [-0.2, -0.15) is 0 Å². The largest absolute Gasteiger partial charge is 0.379 e. The van der Waals surface area contributed by atoms with Crippen molar-refractivity contribution in [2.75, 3.05) is 72.7 Å². The molecule has 3 fully saturated rings. The van der Waals surface area contributed by atoms with E-state index in [0.29, 0.717) is 12.0 Å². The topological polar surface area (TPSA) is 52.6 Å². The maximum Gasteiger partial charge on any atom is 0.193 e. The number of hydrogen-bond acceptors (Lipinski definition) is 5. The first-order valence-corrected chi connectivity index (χ1v) is 11.4. The van der Waals surface area contributed by atoms with E-state index in [1.54, 1.807) is 0 Å². The molecule has 3 unspecified atom stereocenters. The normalized spacial score (nSPS) is 27.1. The van der Waals surface area contributed by atoms with Gasteiger partial charge in [-0.3, -0.25) is 14.8 Å². The third-order valence-electron chi connectivity index (χ3n) is 6.44. The minimum Gasteiger partial charge on any atom is -0.379 e. The van der Waals surface area contributed by atoms with Crippen LogP contribution in [0, 0.1) is 5.92 Å². The first kappa shape index (κ1) is 21.6. The zero-order valence-electron chi connectivity index (χ0n) is 18.5. The fraction of sp³-hybridized carbons (Fsp3) is 0.696. The van der Waals surface area contributed by atoms with Crippen molar-refractivity contribution < 1.29 is 9.47 Å².